The third kappa shape index (κ3) is 5.09. The molecule has 0 aliphatic rings. The van der Waals surface area contributed by atoms with Gasteiger partial charge in [0, 0.05) is 0 Å². The van der Waals surface area contributed by atoms with Crippen molar-refractivity contribution in [1.29, 1.82) is 0 Å². The first-order valence-electron chi connectivity index (χ1n) is 8.96. The fraction of sp³-hybridized carbons (Fsp3) is 0. The molecule has 0 N–H and O–H groups in total. The zero-order valence-electron chi connectivity index (χ0n) is 16.1. The SMILES string of the molecule is [Cl-].[Cl-].[Ti+2].[Ti+2].c1ccc2c(c1)[cH-]c1ccccc12.c1ccc2c(c1)[cH-]c1ccccc12. The minimum atomic E-state index is 0. The van der Waals surface area contributed by atoms with E-state index >= 15 is 0 Å². The summed E-state index contributed by atoms with van der Waals surface area (Å²) in [6.45, 7) is 0. The van der Waals surface area contributed by atoms with Crippen LogP contribution in [0.2, 0.25) is 0 Å². The molecule has 0 aromatic heterocycles. The quantitative estimate of drug-likeness (QED) is 0.220. The molecule has 30 heavy (non-hydrogen) atoms. The van der Waals surface area contributed by atoms with E-state index in [4.69, 9.17) is 0 Å². The summed E-state index contributed by atoms with van der Waals surface area (Å²) in [6.07, 6.45) is 0. The second-order valence-electron chi connectivity index (χ2n) is 6.64. The molecule has 0 spiro atoms. The molecule has 0 saturated heterocycles. The second-order valence-corrected chi connectivity index (χ2v) is 6.64. The average molecular weight is 497 g/mol. The van der Waals surface area contributed by atoms with Crippen molar-refractivity contribution in [3.63, 3.8) is 0 Å². The van der Waals surface area contributed by atoms with Gasteiger partial charge >= 0.3 is 43.4 Å². The van der Waals surface area contributed by atoms with E-state index < -0.39 is 0 Å². The Labute approximate surface area is 219 Å². The van der Waals surface area contributed by atoms with Crippen LogP contribution in [0, 0.1) is 0 Å². The molecule has 0 aliphatic heterocycles. The van der Waals surface area contributed by atoms with Crippen molar-refractivity contribution < 1.29 is 68.2 Å². The van der Waals surface area contributed by atoms with Crippen LogP contribution in [0.3, 0.4) is 0 Å². The molecule has 0 amide bonds. The molecule has 144 valence electrons. The van der Waals surface area contributed by atoms with Crippen LogP contribution in [0.5, 0.6) is 0 Å². The number of hydrogen-bond donors (Lipinski definition) is 0. The molecule has 6 aromatic rings. The minimum Gasteiger partial charge on any atom is -1.00 e. The van der Waals surface area contributed by atoms with Crippen molar-refractivity contribution in [2.75, 3.05) is 0 Å². The first kappa shape index (κ1) is 26.7. The number of rotatable bonds is 0. The fourth-order valence-corrected chi connectivity index (χ4v) is 3.81. The average Bonchev–Trinajstić information content (AvgIpc) is 3.27. The smallest absolute Gasteiger partial charge is 1.00 e. The first-order valence-corrected chi connectivity index (χ1v) is 8.96. The van der Waals surface area contributed by atoms with Gasteiger partial charge in [0.25, 0.3) is 0 Å². The first-order chi connectivity index (χ1) is 12.9. The molecule has 0 fully saturated rings. The predicted molar refractivity (Wildman–Crippen MR) is 114 cm³/mol. The van der Waals surface area contributed by atoms with E-state index in [2.05, 4.69) is 109 Å². The number of benzene rings is 4. The van der Waals surface area contributed by atoms with Crippen LogP contribution in [-0.4, -0.2) is 0 Å². The summed E-state index contributed by atoms with van der Waals surface area (Å²) in [5.74, 6) is 0. The van der Waals surface area contributed by atoms with Crippen LogP contribution < -0.4 is 24.8 Å². The predicted octanol–water partition coefficient (Wildman–Crippen LogP) is 1.43. The van der Waals surface area contributed by atoms with Gasteiger partial charge in [0.1, 0.15) is 0 Å². The van der Waals surface area contributed by atoms with Crippen LogP contribution in [0.1, 0.15) is 0 Å². The van der Waals surface area contributed by atoms with Gasteiger partial charge in [-0.25, -0.2) is 0 Å². The Morgan fingerprint density at radius 2 is 0.533 bits per heavy atom. The van der Waals surface area contributed by atoms with Gasteiger partial charge in [0.2, 0.25) is 0 Å². The van der Waals surface area contributed by atoms with Crippen molar-refractivity contribution in [2.24, 2.45) is 0 Å². The molecule has 0 atom stereocenters. The van der Waals surface area contributed by atoms with Gasteiger partial charge in [-0.15, -0.1) is 79.5 Å². The summed E-state index contributed by atoms with van der Waals surface area (Å²) >= 11 is 0. The Morgan fingerprint density at radius 3 is 0.767 bits per heavy atom. The van der Waals surface area contributed by atoms with E-state index in [1.54, 1.807) is 0 Å². The van der Waals surface area contributed by atoms with E-state index in [1.165, 1.54) is 43.1 Å². The molecule has 0 unspecified atom stereocenters. The summed E-state index contributed by atoms with van der Waals surface area (Å²) in [5.41, 5.74) is 0. The van der Waals surface area contributed by atoms with Crippen LogP contribution in [0.15, 0.2) is 109 Å². The van der Waals surface area contributed by atoms with Gasteiger partial charge in [-0.1, -0.05) is 72.8 Å². The topological polar surface area (TPSA) is 0 Å². The molecule has 0 saturated carbocycles. The monoisotopic (exact) mass is 496 g/mol. The number of halogens is 2. The van der Waals surface area contributed by atoms with Gasteiger partial charge in [-0.05, 0) is 0 Å². The summed E-state index contributed by atoms with van der Waals surface area (Å²) in [5, 5.41) is 10.8. The van der Waals surface area contributed by atoms with Crippen LogP contribution in [0.4, 0.5) is 0 Å². The fourth-order valence-electron chi connectivity index (χ4n) is 3.81. The normalized spacial score (nSPS) is 9.60. The van der Waals surface area contributed by atoms with E-state index in [-0.39, 0.29) is 68.2 Å². The van der Waals surface area contributed by atoms with Gasteiger partial charge in [-0.2, -0.15) is 0 Å². The third-order valence-electron chi connectivity index (χ3n) is 5.05. The molecule has 4 heteroatoms. The Hall–Kier alpha value is -1.37. The van der Waals surface area contributed by atoms with Crippen LogP contribution >= 0.6 is 0 Å². The van der Waals surface area contributed by atoms with Gasteiger partial charge in [-0.3, -0.25) is 0 Å². The molecule has 0 heterocycles. The van der Waals surface area contributed by atoms with Crippen molar-refractivity contribution in [3.8, 4) is 0 Å². The van der Waals surface area contributed by atoms with Crippen molar-refractivity contribution in [1.82, 2.24) is 0 Å². The maximum atomic E-state index is 2.24. The summed E-state index contributed by atoms with van der Waals surface area (Å²) in [6, 6.07) is 38.5. The Kier molecular flexibility index (Phi) is 10.5. The van der Waals surface area contributed by atoms with Crippen molar-refractivity contribution >= 4 is 43.1 Å². The summed E-state index contributed by atoms with van der Waals surface area (Å²) < 4.78 is 0. The molecule has 0 radical (unpaired) electrons. The maximum absolute atomic E-state index is 2.24. The Bertz CT molecular complexity index is 1140. The molecule has 0 aliphatic carbocycles. The molecule has 0 bridgehead atoms. The van der Waals surface area contributed by atoms with E-state index in [1.807, 2.05) is 0 Å². The molecule has 0 nitrogen and oxygen atoms in total. The molecular formula is C26H18Cl2Ti2. The Morgan fingerprint density at radius 1 is 0.333 bits per heavy atom. The largest absolute Gasteiger partial charge is 2.00 e. The number of hydrogen-bond acceptors (Lipinski definition) is 0. The van der Waals surface area contributed by atoms with E-state index in [9.17, 15) is 0 Å². The summed E-state index contributed by atoms with van der Waals surface area (Å²) in [4.78, 5) is 0. The van der Waals surface area contributed by atoms with Crippen LogP contribution in [0.25, 0.3) is 43.1 Å². The van der Waals surface area contributed by atoms with Gasteiger partial charge in [0.15, 0.2) is 0 Å². The summed E-state index contributed by atoms with van der Waals surface area (Å²) in [7, 11) is 0. The van der Waals surface area contributed by atoms with Gasteiger partial charge < -0.3 is 24.8 Å². The standard InChI is InChI=1S/2C13H9.2ClH.2Ti/c2*1-3-7-12-10(5-1)9-11-6-2-4-8-13(11)12;;;;/h2*1-9H;2*1H;;/q2*-1;;;2*+2/p-2. The molecule has 6 rings (SSSR count). The van der Waals surface area contributed by atoms with Crippen LogP contribution in [-0.2, 0) is 43.4 Å². The van der Waals surface area contributed by atoms with E-state index in [0.717, 1.165) is 0 Å². The zero-order chi connectivity index (χ0) is 17.3. The third-order valence-corrected chi connectivity index (χ3v) is 5.05. The zero-order valence-corrected chi connectivity index (χ0v) is 20.8. The maximum Gasteiger partial charge on any atom is 2.00 e. The molecule has 6 aromatic carbocycles. The van der Waals surface area contributed by atoms with Crippen molar-refractivity contribution in [2.45, 2.75) is 0 Å². The van der Waals surface area contributed by atoms with Crippen molar-refractivity contribution in [3.05, 3.63) is 109 Å². The van der Waals surface area contributed by atoms with E-state index in [0.29, 0.717) is 0 Å². The minimum absolute atomic E-state index is 0. The van der Waals surface area contributed by atoms with Gasteiger partial charge in [0.05, 0.1) is 0 Å². The molecular weight excluding hydrogens is 479 g/mol. The second kappa shape index (κ2) is 11.9. The Balaban J connectivity index is 0.000000265. The number of fused-ring (bicyclic) bond motifs is 6.